The van der Waals surface area contributed by atoms with Crippen molar-refractivity contribution in [3.05, 3.63) is 12.2 Å². The summed E-state index contributed by atoms with van der Waals surface area (Å²) in [6.07, 6.45) is 4.48. The SMILES string of the molecule is CCO[C@H]1CO[C@]2(CCCN(C(=O)c3ncn(C)n3)C2)C1. The fourth-order valence-corrected chi connectivity index (χ4v) is 3.28. The topological polar surface area (TPSA) is 69.5 Å². The smallest absolute Gasteiger partial charge is 0.293 e. The van der Waals surface area contributed by atoms with Crippen LogP contribution in [0.1, 0.15) is 36.8 Å². The van der Waals surface area contributed by atoms with E-state index >= 15 is 0 Å². The number of nitrogens with zero attached hydrogens (tertiary/aromatic N) is 4. The summed E-state index contributed by atoms with van der Waals surface area (Å²) in [7, 11) is 1.76. The van der Waals surface area contributed by atoms with Gasteiger partial charge in [-0.2, -0.15) is 0 Å². The molecule has 0 N–H and O–H groups in total. The van der Waals surface area contributed by atoms with Crippen LogP contribution in [0, 0.1) is 0 Å². The Balaban J connectivity index is 1.67. The highest BCUT2D eigenvalue weighted by molar-refractivity contribution is 5.90. The van der Waals surface area contributed by atoms with Crippen LogP contribution in [0.15, 0.2) is 6.33 Å². The lowest BCUT2D eigenvalue weighted by Crippen LogP contribution is -2.50. The average Bonchev–Trinajstić information content (AvgIpc) is 3.06. The lowest BCUT2D eigenvalue weighted by Gasteiger charge is -2.39. The quantitative estimate of drug-likeness (QED) is 0.817. The molecule has 0 radical (unpaired) electrons. The number of hydrogen-bond donors (Lipinski definition) is 0. The predicted octanol–water partition coefficient (Wildman–Crippen LogP) is 0.615. The summed E-state index contributed by atoms with van der Waals surface area (Å²) in [5, 5.41) is 4.09. The zero-order valence-corrected chi connectivity index (χ0v) is 12.6. The number of hydrogen-bond acceptors (Lipinski definition) is 5. The standard InChI is InChI=1S/C14H22N4O3/c1-3-20-11-7-14(21-8-11)5-4-6-18(9-14)13(19)12-15-10-17(2)16-12/h10-11H,3-9H2,1-2H3/t11-,14-/m1/s1. The molecule has 1 aromatic rings. The maximum Gasteiger partial charge on any atom is 0.293 e. The van der Waals surface area contributed by atoms with Gasteiger partial charge in [-0.3, -0.25) is 9.48 Å². The highest BCUT2D eigenvalue weighted by Crippen LogP contribution is 2.36. The zero-order valence-electron chi connectivity index (χ0n) is 12.6. The van der Waals surface area contributed by atoms with Crippen LogP contribution in [0.2, 0.25) is 0 Å². The molecule has 2 aliphatic rings. The van der Waals surface area contributed by atoms with Gasteiger partial charge in [-0.1, -0.05) is 0 Å². The fraction of sp³-hybridized carbons (Fsp3) is 0.786. The van der Waals surface area contributed by atoms with E-state index in [0.717, 1.165) is 25.8 Å². The van der Waals surface area contributed by atoms with Gasteiger partial charge in [0.15, 0.2) is 0 Å². The van der Waals surface area contributed by atoms with Crippen molar-refractivity contribution in [1.82, 2.24) is 19.7 Å². The molecule has 0 aromatic carbocycles. The van der Waals surface area contributed by atoms with Crippen LogP contribution in [0.25, 0.3) is 0 Å². The molecular formula is C14H22N4O3. The van der Waals surface area contributed by atoms with Gasteiger partial charge in [0, 0.05) is 26.6 Å². The average molecular weight is 294 g/mol. The Morgan fingerprint density at radius 3 is 3.19 bits per heavy atom. The number of carbonyl (C=O) groups is 1. The van der Waals surface area contributed by atoms with E-state index in [-0.39, 0.29) is 23.4 Å². The molecule has 0 unspecified atom stereocenters. The van der Waals surface area contributed by atoms with Gasteiger partial charge in [-0.25, -0.2) is 4.98 Å². The van der Waals surface area contributed by atoms with E-state index in [1.54, 1.807) is 18.1 Å². The van der Waals surface area contributed by atoms with Gasteiger partial charge in [0.1, 0.15) is 6.33 Å². The number of aromatic nitrogens is 3. The summed E-state index contributed by atoms with van der Waals surface area (Å²) in [6.45, 7) is 4.66. The van der Waals surface area contributed by atoms with E-state index in [1.807, 2.05) is 11.8 Å². The Morgan fingerprint density at radius 1 is 1.62 bits per heavy atom. The van der Waals surface area contributed by atoms with E-state index in [0.29, 0.717) is 19.8 Å². The van der Waals surface area contributed by atoms with E-state index in [2.05, 4.69) is 10.1 Å². The summed E-state index contributed by atoms with van der Waals surface area (Å²) >= 11 is 0. The first-order chi connectivity index (χ1) is 10.1. The molecule has 0 bridgehead atoms. The molecule has 1 spiro atoms. The summed E-state index contributed by atoms with van der Waals surface area (Å²) in [4.78, 5) is 18.3. The first-order valence-electron chi connectivity index (χ1n) is 7.52. The molecule has 3 heterocycles. The largest absolute Gasteiger partial charge is 0.376 e. The van der Waals surface area contributed by atoms with Crippen LogP contribution in [-0.2, 0) is 16.5 Å². The van der Waals surface area contributed by atoms with Gasteiger partial charge in [0.2, 0.25) is 5.82 Å². The zero-order chi connectivity index (χ0) is 14.9. The molecule has 3 rings (SSSR count). The fourth-order valence-electron chi connectivity index (χ4n) is 3.28. The van der Waals surface area contributed by atoms with Gasteiger partial charge in [0.25, 0.3) is 5.91 Å². The van der Waals surface area contributed by atoms with E-state index < -0.39 is 0 Å². The number of carbonyl (C=O) groups excluding carboxylic acids is 1. The van der Waals surface area contributed by atoms with Gasteiger partial charge in [-0.05, 0) is 19.8 Å². The van der Waals surface area contributed by atoms with Crippen LogP contribution in [-0.4, -0.2) is 63.6 Å². The highest BCUT2D eigenvalue weighted by Gasteiger charge is 2.45. The molecule has 7 nitrogen and oxygen atoms in total. The van der Waals surface area contributed by atoms with Crippen LogP contribution in [0.4, 0.5) is 0 Å². The number of rotatable bonds is 3. The molecule has 2 atom stereocenters. The third kappa shape index (κ3) is 2.94. The van der Waals surface area contributed by atoms with Gasteiger partial charge >= 0.3 is 0 Å². The third-order valence-electron chi connectivity index (χ3n) is 4.19. The second-order valence-corrected chi connectivity index (χ2v) is 5.85. The molecule has 116 valence electrons. The molecule has 2 aliphatic heterocycles. The second kappa shape index (κ2) is 5.73. The van der Waals surface area contributed by atoms with E-state index in [9.17, 15) is 4.79 Å². The molecule has 2 saturated heterocycles. The Labute approximate surface area is 124 Å². The van der Waals surface area contributed by atoms with Crippen LogP contribution < -0.4 is 0 Å². The van der Waals surface area contributed by atoms with Crippen LogP contribution in [0.3, 0.4) is 0 Å². The molecule has 7 heteroatoms. The van der Waals surface area contributed by atoms with Crippen molar-refractivity contribution in [3.8, 4) is 0 Å². The number of likely N-dealkylation sites (tertiary alicyclic amines) is 1. The monoisotopic (exact) mass is 294 g/mol. The third-order valence-corrected chi connectivity index (χ3v) is 4.19. The highest BCUT2D eigenvalue weighted by atomic mass is 16.6. The minimum atomic E-state index is -0.247. The Kier molecular flexibility index (Phi) is 3.95. The Bertz CT molecular complexity index is 518. The van der Waals surface area contributed by atoms with Crippen molar-refractivity contribution in [2.45, 2.75) is 37.9 Å². The number of aryl methyl sites for hydroxylation is 1. The van der Waals surface area contributed by atoms with Crippen LogP contribution in [0.5, 0.6) is 0 Å². The minimum absolute atomic E-state index is 0.113. The number of amides is 1. The molecule has 1 amide bonds. The maximum absolute atomic E-state index is 12.5. The summed E-state index contributed by atoms with van der Waals surface area (Å²) in [5.74, 6) is 0.145. The first-order valence-corrected chi connectivity index (χ1v) is 7.52. The van der Waals surface area contributed by atoms with E-state index in [4.69, 9.17) is 9.47 Å². The van der Waals surface area contributed by atoms with Crippen LogP contribution >= 0.6 is 0 Å². The first kappa shape index (κ1) is 14.5. The Morgan fingerprint density at radius 2 is 2.48 bits per heavy atom. The normalized spacial score (nSPS) is 29.2. The number of ether oxygens (including phenoxy) is 2. The van der Waals surface area contributed by atoms with Crippen molar-refractivity contribution >= 4 is 5.91 Å². The van der Waals surface area contributed by atoms with Crippen molar-refractivity contribution in [3.63, 3.8) is 0 Å². The molecule has 0 saturated carbocycles. The lowest BCUT2D eigenvalue weighted by atomic mass is 9.89. The second-order valence-electron chi connectivity index (χ2n) is 5.85. The molecule has 0 aliphatic carbocycles. The van der Waals surface area contributed by atoms with Crippen molar-refractivity contribution in [2.24, 2.45) is 7.05 Å². The van der Waals surface area contributed by atoms with Gasteiger partial charge in [0.05, 0.1) is 24.9 Å². The molecular weight excluding hydrogens is 272 g/mol. The van der Waals surface area contributed by atoms with Gasteiger partial charge in [-0.15, -0.1) is 5.10 Å². The predicted molar refractivity (Wildman–Crippen MR) is 74.9 cm³/mol. The molecule has 2 fully saturated rings. The lowest BCUT2D eigenvalue weighted by molar-refractivity contribution is -0.0464. The van der Waals surface area contributed by atoms with Crippen molar-refractivity contribution in [2.75, 3.05) is 26.3 Å². The van der Waals surface area contributed by atoms with Crippen molar-refractivity contribution < 1.29 is 14.3 Å². The Hall–Kier alpha value is -1.47. The molecule has 21 heavy (non-hydrogen) atoms. The molecule has 1 aromatic heterocycles. The number of piperidine rings is 1. The summed E-state index contributed by atoms with van der Waals surface area (Å²) < 4.78 is 13.2. The van der Waals surface area contributed by atoms with Crippen molar-refractivity contribution in [1.29, 1.82) is 0 Å². The summed E-state index contributed by atoms with van der Waals surface area (Å²) in [5.41, 5.74) is -0.247. The summed E-state index contributed by atoms with van der Waals surface area (Å²) in [6, 6.07) is 0. The van der Waals surface area contributed by atoms with E-state index in [1.165, 1.54) is 0 Å². The van der Waals surface area contributed by atoms with Gasteiger partial charge < -0.3 is 14.4 Å². The minimum Gasteiger partial charge on any atom is -0.376 e. The maximum atomic E-state index is 12.5.